The van der Waals surface area contributed by atoms with Crippen molar-refractivity contribution in [2.24, 2.45) is 0 Å². The molecular formula is C34H32B2N8O. The third-order valence-electron chi connectivity index (χ3n) is 9.38. The van der Waals surface area contributed by atoms with Gasteiger partial charge < -0.3 is 14.4 Å². The molecule has 0 atom stereocenters. The summed E-state index contributed by atoms with van der Waals surface area (Å²) in [5.41, 5.74) is 9.71. The standard InChI is InChI=1S/C34H32B2N8O/c1-21-9-7-10-22(2)31(21)35-25-13-15-27(39-33(25)43-19-37-17-29(43)41(35)5)45-28-16-14-26-34(40-28)44-20-38-18-30(44)42(6)36(26)32-23(3)11-8-12-24(32)4/h7-20H,1-6H3. The van der Waals surface area contributed by atoms with Gasteiger partial charge in [-0.3, -0.25) is 9.13 Å². The molecule has 0 unspecified atom stereocenters. The van der Waals surface area contributed by atoms with Crippen molar-refractivity contribution >= 4 is 47.2 Å². The van der Waals surface area contributed by atoms with Crippen LogP contribution in [0.4, 0.5) is 11.6 Å². The van der Waals surface area contributed by atoms with E-state index in [1.165, 1.54) is 33.2 Å². The molecule has 0 amide bonds. The summed E-state index contributed by atoms with van der Waals surface area (Å²) in [4.78, 5) is 23.6. The summed E-state index contributed by atoms with van der Waals surface area (Å²) >= 11 is 0. The molecule has 0 fully saturated rings. The molecule has 0 spiro atoms. The zero-order valence-corrected chi connectivity index (χ0v) is 26.2. The molecule has 4 aromatic heterocycles. The Hall–Kier alpha value is -5.31. The lowest BCUT2D eigenvalue weighted by atomic mass is 9.46. The maximum Gasteiger partial charge on any atom is 0.328 e. The van der Waals surface area contributed by atoms with E-state index in [-0.39, 0.29) is 13.7 Å². The summed E-state index contributed by atoms with van der Waals surface area (Å²) in [6.45, 7) is 8.66. The van der Waals surface area contributed by atoms with Crippen LogP contribution < -0.4 is 36.2 Å². The highest BCUT2D eigenvalue weighted by atomic mass is 16.5. The van der Waals surface area contributed by atoms with Gasteiger partial charge in [0.15, 0.2) is 0 Å². The number of ether oxygens (including phenoxy) is 1. The third-order valence-corrected chi connectivity index (χ3v) is 9.38. The van der Waals surface area contributed by atoms with Gasteiger partial charge in [-0.2, -0.15) is 9.97 Å². The van der Waals surface area contributed by atoms with E-state index in [0.717, 1.165) is 34.2 Å². The van der Waals surface area contributed by atoms with Gasteiger partial charge in [0, 0.05) is 12.1 Å². The summed E-state index contributed by atoms with van der Waals surface area (Å²) in [7, 11) is 4.23. The zero-order valence-electron chi connectivity index (χ0n) is 26.2. The van der Waals surface area contributed by atoms with Crippen LogP contribution in [0.15, 0.2) is 85.7 Å². The molecule has 0 saturated heterocycles. The van der Waals surface area contributed by atoms with E-state index in [1.54, 1.807) is 0 Å². The molecule has 6 heterocycles. The number of aromatic nitrogens is 6. The zero-order chi connectivity index (χ0) is 31.0. The van der Waals surface area contributed by atoms with Crippen molar-refractivity contribution in [3.05, 3.63) is 108 Å². The fraction of sp³-hybridized carbons (Fsp3) is 0.176. The Labute approximate surface area is 263 Å². The van der Waals surface area contributed by atoms with Crippen molar-refractivity contribution in [1.82, 2.24) is 29.1 Å². The molecule has 0 saturated carbocycles. The molecule has 0 radical (unpaired) electrons. The fourth-order valence-corrected chi connectivity index (χ4v) is 7.24. The number of anilines is 2. The molecule has 11 heteroatoms. The van der Waals surface area contributed by atoms with Gasteiger partial charge >= 0.3 is 13.7 Å². The minimum atomic E-state index is -0.00713. The topological polar surface area (TPSA) is 77.1 Å². The van der Waals surface area contributed by atoms with E-state index in [0.29, 0.717) is 11.8 Å². The molecule has 2 aliphatic heterocycles. The molecule has 45 heavy (non-hydrogen) atoms. The van der Waals surface area contributed by atoms with E-state index in [9.17, 15) is 0 Å². The Balaban J connectivity index is 1.21. The van der Waals surface area contributed by atoms with Gasteiger partial charge in [0.05, 0.1) is 12.4 Å². The normalized spacial score (nSPS) is 13.4. The number of hydrogen-bond donors (Lipinski definition) is 0. The SMILES string of the molecule is Cc1cccc(C)c1B1c2ccc(Oc3ccc4c(n3)-n3cncc3N(C)B4c3c(C)cccc3C)nc2-n2cncc2N1C. The predicted octanol–water partition coefficient (Wildman–Crippen LogP) is 2.98. The summed E-state index contributed by atoms with van der Waals surface area (Å²) in [6.07, 6.45) is 7.39. The molecule has 0 N–H and O–H groups in total. The quantitative estimate of drug-likeness (QED) is 0.293. The Morgan fingerprint density at radius 1 is 0.556 bits per heavy atom. The molecule has 9 nitrogen and oxygen atoms in total. The van der Waals surface area contributed by atoms with Crippen LogP contribution >= 0.6 is 0 Å². The average Bonchev–Trinajstić information content (AvgIpc) is 3.72. The lowest BCUT2D eigenvalue weighted by Gasteiger charge is -2.35. The first-order chi connectivity index (χ1) is 21.8. The Morgan fingerprint density at radius 2 is 0.956 bits per heavy atom. The maximum absolute atomic E-state index is 6.41. The van der Waals surface area contributed by atoms with Gasteiger partial charge in [-0.25, -0.2) is 9.97 Å². The van der Waals surface area contributed by atoms with Gasteiger partial charge in [-0.05, 0) is 63.6 Å². The second-order valence-corrected chi connectivity index (χ2v) is 12.1. The van der Waals surface area contributed by atoms with E-state index in [1.807, 2.05) is 46.3 Å². The molecule has 8 rings (SSSR count). The monoisotopic (exact) mass is 590 g/mol. The van der Waals surface area contributed by atoms with Crippen LogP contribution in [0.5, 0.6) is 11.8 Å². The van der Waals surface area contributed by atoms with Crippen LogP contribution in [0.2, 0.25) is 0 Å². The second kappa shape index (κ2) is 10.1. The van der Waals surface area contributed by atoms with E-state index in [2.05, 4.69) is 110 Å². The van der Waals surface area contributed by atoms with Crippen LogP contribution in [0.3, 0.4) is 0 Å². The number of hydrogen-bond acceptors (Lipinski definition) is 7. The fourth-order valence-electron chi connectivity index (χ4n) is 7.24. The Morgan fingerprint density at radius 3 is 1.36 bits per heavy atom. The number of nitrogens with zero attached hydrogens (tertiary/aromatic N) is 8. The van der Waals surface area contributed by atoms with Gasteiger partial charge in [-0.1, -0.05) is 70.8 Å². The number of imidazole rings is 2. The van der Waals surface area contributed by atoms with Crippen molar-refractivity contribution in [1.29, 1.82) is 0 Å². The van der Waals surface area contributed by atoms with Crippen LogP contribution in [0.1, 0.15) is 22.3 Å². The molecule has 2 aromatic carbocycles. The second-order valence-electron chi connectivity index (χ2n) is 12.1. The van der Waals surface area contributed by atoms with E-state index in [4.69, 9.17) is 14.7 Å². The van der Waals surface area contributed by atoms with Crippen LogP contribution in [0.25, 0.3) is 11.6 Å². The smallest absolute Gasteiger partial charge is 0.328 e. The summed E-state index contributed by atoms with van der Waals surface area (Å²) in [5.74, 6) is 4.49. The maximum atomic E-state index is 6.41. The number of pyridine rings is 2. The Kier molecular flexibility index (Phi) is 6.13. The minimum Gasteiger partial charge on any atom is -0.421 e. The van der Waals surface area contributed by atoms with Crippen molar-refractivity contribution in [2.45, 2.75) is 27.7 Å². The molecule has 6 aromatic rings. The lowest BCUT2D eigenvalue weighted by molar-refractivity contribution is 0.443. The first-order valence-corrected chi connectivity index (χ1v) is 15.1. The van der Waals surface area contributed by atoms with Crippen LogP contribution in [-0.2, 0) is 0 Å². The van der Waals surface area contributed by atoms with E-state index >= 15 is 0 Å². The third kappa shape index (κ3) is 4.10. The summed E-state index contributed by atoms with van der Waals surface area (Å²) in [5, 5.41) is 0. The largest absolute Gasteiger partial charge is 0.421 e. The average molecular weight is 590 g/mol. The van der Waals surface area contributed by atoms with Crippen molar-refractivity contribution in [3.8, 4) is 23.4 Å². The minimum absolute atomic E-state index is 0.00713. The van der Waals surface area contributed by atoms with Gasteiger partial charge in [0.25, 0.3) is 0 Å². The van der Waals surface area contributed by atoms with Crippen molar-refractivity contribution in [2.75, 3.05) is 23.7 Å². The molecule has 0 bridgehead atoms. The van der Waals surface area contributed by atoms with Crippen molar-refractivity contribution in [3.63, 3.8) is 0 Å². The highest BCUT2D eigenvalue weighted by Crippen LogP contribution is 2.29. The van der Waals surface area contributed by atoms with Gasteiger partial charge in [-0.15, -0.1) is 0 Å². The van der Waals surface area contributed by atoms with Crippen LogP contribution in [0, 0.1) is 27.7 Å². The molecule has 220 valence electrons. The van der Waals surface area contributed by atoms with Gasteiger partial charge in [0.1, 0.15) is 35.9 Å². The molecule has 0 aliphatic carbocycles. The first-order valence-electron chi connectivity index (χ1n) is 15.1. The number of rotatable bonds is 4. The van der Waals surface area contributed by atoms with Gasteiger partial charge in [0.2, 0.25) is 11.8 Å². The van der Waals surface area contributed by atoms with E-state index < -0.39 is 0 Å². The summed E-state index contributed by atoms with van der Waals surface area (Å²) < 4.78 is 10.5. The van der Waals surface area contributed by atoms with Crippen LogP contribution in [-0.4, -0.2) is 56.9 Å². The lowest BCUT2D eigenvalue weighted by Crippen LogP contribution is -2.60. The Bertz CT molecular complexity index is 1930. The highest BCUT2D eigenvalue weighted by molar-refractivity contribution is 6.90. The van der Waals surface area contributed by atoms with Crippen molar-refractivity contribution < 1.29 is 4.74 Å². The number of fused-ring (bicyclic) bond motifs is 6. The predicted molar refractivity (Wildman–Crippen MR) is 181 cm³/mol. The number of benzene rings is 2. The molecular weight excluding hydrogens is 558 g/mol. The molecule has 2 aliphatic rings. The summed E-state index contributed by atoms with van der Waals surface area (Å²) in [6, 6.07) is 21.0. The highest BCUT2D eigenvalue weighted by Gasteiger charge is 2.39. The number of aryl methyl sites for hydroxylation is 4. The first kappa shape index (κ1) is 27.3.